The van der Waals surface area contributed by atoms with Crippen LogP contribution in [-0.4, -0.2) is 13.0 Å². The highest BCUT2D eigenvalue weighted by molar-refractivity contribution is 5.99. The first-order chi connectivity index (χ1) is 8.58. The lowest BCUT2D eigenvalue weighted by Crippen LogP contribution is -2.18. The van der Waals surface area contributed by atoms with Gasteiger partial charge in [0.05, 0.1) is 18.4 Å². The van der Waals surface area contributed by atoms with Gasteiger partial charge in [0.25, 0.3) is 5.91 Å². The molecule has 2 aromatic rings. The molecule has 1 heterocycles. The van der Waals surface area contributed by atoms with Gasteiger partial charge in [-0.3, -0.25) is 4.79 Å². The van der Waals surface area contributed by atoms with E-state index in [1.54, 1.807) is 18.4 Å². The number of carbonyl (C=O) groups excluding carboxylic acids is 1. The van der Waals surface area contributed by atoms with Crippen LogP contribution in [0.2, 0.25) is 0 Å². The van der Waals surface area contributed by atoms with Crippen LogP contribution in [0.1, 0.15) is 16.1 Å². The third-order valence-corrected chi connectivity index (χ3v) is 2.72. The number of amides is 1. The molecule has 2 rings (SSSR count). The van der Waals surface area contributed by atoms with Crippen LogP contribution in [0.15, 0.2) is 41.0 Å². The van der Waals surface area contributed by atoms with Crippen LogP contribution in [0.25, 0.3) is 0 Å². The minimum Gasteiger partial charge on any atom is -0.467 e. The molecule has 0 aliphatic rings. The number of hydrogen-bond donors (Lipinski definition) is 2. The largest absolute Gasteiger partial charge is 0.467 e. The smallest absolute Gasteiger partial charge is 0.250 e. The number of furan rings is 1. The van der Waals surface area contributed by atoms with Crippen LogP contribution < -0.4 is 16.4 Å². The number of nitrogens with two attached hydrogens (primary N) is 2. The van der Waals surface area contributed by atoms with E-state index in [4.69, 9.17) is 15.9 Å². The van der Waals surface area contributed by atoms with Crippen molar-refractivity contribution in [2.75, 3.05) is 17.7 Å². The number of nitrogens with zero attached hydrogens (tertiary/aromatic N) is 1. The van der Waals surface area contributed by atoms with Crippen LogP contribution in [0.4, 0.5) is 11.4 Å². The van der Waals surface area contributed by atoms with Crippen molar-refractivity contribution in [3.8, 4) is 0 Å². The van der Waals surface area contributed by atoms with Gasteiger partial charge in [-0.25, -0.2) is 0 Å². The number of hydrogen-bond acceptors (Lipinski definition) is 4. The van der Waals surface area contributed by atoms with Crippen LogP contribution >= 0.6 is 0 Å². The monoisotopic (exact) mass is 245 g/mol. The highest BCUT2D eigenvalue weighted by atomic mass is 16.3. The first-order valence-corrected chi connectivity index (χ1v) is 5.51. The SMILES string of the molecule is CN(Cc1ccco1)c1ccc(N)c(C(N)=O)c1. The van der Waals surface area contributed by atoms with Crippen molar-refractivity contribution in [2.24, 2.45) is 5.73 Å². The third kappa shape index (κ3) is 2.45. The summed E-state index contributed by atoms with van der Waals surface area (Å²) >= 11 is 0. The van der Waals surface area contributed by atoms with Crippen LogP contribution in [0.5, 0.6) is 0 Å². The molecule has 94 valence electrons. The molecule has 0 bridgehead atoms. The van der Waals surface area contributed by atoms with E-state index in [-0.39, 0.29) is 0 Å². The number of nitrogen functional groups attached to an aromatic ring is 1. The fourth-order valence-corrected chi connectivity index (χ4v) is 1.72. The van der Waals surface area contributed by atoms with Gasteiger partial charge in [-0.05, 0) is 30.3 Å². The molecule has 0 aliphatic carbocycles. The summed E-state index contributed by atoms with van der Waals surface area (Å²) in [4.78, 5) is 13.2. The van der Waals surface area contributed by atoms with Crippen molar-refractivity contribution < 1.29 is 9.21 Å². The lowest BCUT2D eigenvalue weighted by Gasteiger charge is -2.19. The molecule has 4 N–H and O–H groups in total. The molecular weight excluding hydrogens is 230 g/mol. The van der Waals surface area contributed by atoms with Crippen molar-refractivity contribution in [1.82, 2.24) is 0 Å². The Bertz CT molecular complexity index is 549. The highest BCUT2D eigenvalue weighted by Crippen LogP contribution is 2.21. The van der Waals surface area contributed by atoms with E-state index in [9.17, 15) is 4.79 Å². The van der Waals surface area contributed by atoms with E-state index in [1.165, 1.54) is 0 Å². The van der Waals surface area contributed by atoms with E-state index in [2.05, 4.69) is 0 Å². The highest BCUT2D eigenvalue weighted by Gasteiger charge is 2.10. The van der Waals surface area contributed by atoms with Crippen molar-refractivity contribution >= 4 is 17.3 Å². The van der Waals surface area contributed by atoms with E-state index in [0.717, 1.165) is 11.4 Å². The van der Waals surface area contributed by atoms with E-state index < -0.39 is 5.91 Å². The van der Waals surface area contributed by atoms with Gasteiger partial charge in [0.2, 0.25) is 0 Å². The van der Waals surface area contributed by atoms with Crippen molar-refractivity contribution in [1.29, 1.82) is 0 Å². The Labute approximate surface area is 105 Å². The summed E-state index contributed by atoms with van der Waals surface area (Å²) in [5.41, 5.74) is 12.5. The van der Waals surface area contributed by atoms with Gasteiger partial charge in [0.15, 0.2) is 0 Å². The molecule has 1 aromatic heterocycles. The van der Waals surface area contributed by atoms with Gasteiger partial charge in [-0.15, -0.1) is 0 Å². The van der Waals surface area contributed by atoms with E-state index in [1.807, 2.05) is 30.1 Å². The van der Waals surface area contributed by atoms with Crippen molar-refractivity contribution in [3.63, 3.8) is 0 Å². The fourth-order valence-electron chi connectivity index (χ4n) is 1.72. The molecule has 0 radical (unpaired) electrons. The van der Waals surface area contributed by atoms with Gasteiger partial charge < -0.3 is 20.8 Å². The van der Waals surface area contributed by atoms with E-state index in [0.29, 0.717) is 17.8 Å². The van der Waals surface area contributed by atoms with Crippen molar-refractivity contribution in [2.45, 2.75) is 6.54 Å². The molecule has 1 aromatic carbocycles. The maximum atomic E-state index is 11.2. The Kier molecular flexibility index (Phi) is 3.23. The number of primary amides is 1. The predicted molar refractivity (Wildman–Crippen MR) is 70.2 cm³/mol. The molecule has 0 unspecified atom stereocenters. The molecule has 0 saturated heterocycles. The molecule has 18 heavy (non-hydrogen) atoms. The van der Waals surface area contributed by atoms with E-state index >= 15 is 0 Å². The van der Waals surface area contributed by atoms with Gasteiger partial charge in [0, 0.05) is 18.4 Å². The second-order valence-corrected chi connectivity index (χ2v) is 4.07. The third-order valence-electron chi connectivity index (χ3n) is 2.72. The fraction of sp³-hybridized carbons (Fsp3) is 0.154. The second-order valence-electron chi connectivity index (χ2n) is 4.07. The van der Waals surface area contributed by atoms with Crippen LogP contribution in [-0.2, 0) is 6.54 Å². The van der Waals surface area contributed by atoms with Crippen LogP contribution in [0, 0.1) is 0 Å². The van der Waals surface area contributed by atoms with Gasteiger partial charge in [-0.2, -0.15) is 0 Å². The lowest BCUT2D eigenvalue weighted by atomic mass is 10.1. The standard InChI is InChI=1S/C13H15N3O2/c1-16(8-10-3-2-6-18-10)9-4-5-12(14)11(7-9)13(15)17/h2-7H,8,14H2,1H3,(H2,15,17). The first-order valence-electron chi connectivity index (χ1n) is 5.51. The number of rotatable bonds is 4. The number of benzene rings is 1. The number of carbonyl (C=O) groups is 1. The topological polar surface area (TPSA) is 85.5 Å². The number of anilines is 2. The Balaban J connectivity index is 2.22. The quantitative estimate of drug-likeness (QED) is 0.801. The Morgan fingerprint density at radius 1 is 1.39 bits per heavy atom. The zero-order chi connectivity index (χ0) is 13.1. The maximum Gasteiger partial charge on any atom is 0.250 e. The van der Waals surface area contributed by atoms with Gasteiger partial charge >= 0.3 is 0 Å². The summed E-state index contributed by atoms with van der Waals surface area (Å²) in [6, 6.07) is 8.92. The average molecular weight is 245 g/mol. The average Bonchev–Trinajstić information content (AvgIpc) is 2.81. The summed E-state index contributed by atoms with van der Waals surface area (Å²) in [7, 11) is 1.90. The molecule has 0 saturated carbocycles. The minimum atomic E-state index is -0.527. The molecule has 0 fully saturated rings. The summed E-state index contributed by atoms with van der Waals surface area (Å²) in [5, 5.41) is 0. The zero-order valence-electron chi connectivity index (χ0n) is 10.1. The Hall–Kier alpha value is -2.43. The maximum absolute atomic E-state index is 11.2. The predicted octanol–water partition coefficient (Wildman–Crippen LogP) is 1.60. The molecule has 5 nitrogen and oxygen atoms in total. The Morgan fingerprint density at radius 3 is 2.78 bits per heavy atom. The summed E-state index contributed by atoms with van der Waals surface area (Å²) in [6.07, 6.45) is 1.63. The first kappa shape index (κ1) is 12.0. The molecule has 5 heteroatoms. The lowest BCUT2D eigenvalue weighted by molar-refractivity contribution is 0.100. The summed E-state index contributed by atoms with van der Waals surface area (Å²) in [5.74, 6) is 0.315. The second kappa shape index (κ2) is 4.83. The summed E-state index contributed by atoms with van der Waals surface area (Å²) in [6.45, 7) is 0.606. The van der Waals surface area contributed by atoms with Gasteiger partial charge in [-0.1, -0.05) is 0 Å². The molecule has 0 atom stereocenters. The molecular formula is C13H15N3O2. The minimum absolute atomic E-state index is 0.332. The molecule has 0 spiro atoms. The summed E-state index contributed by atoms with van der Waals surface area (Å²) < 4.78 is 5.27. The molecule has 0 aliphatic heterocycles. The molecule has 1 amide bonds. The normalized spacial score (nSPS) is 10.3. The Morgan fingerprint density at radius 2 is 2.17 bits per heavy atom. The van der Waals surface area contributed by atoms with Crippen molar-refractivity contribution in [3.05, 3.63) is 47.9 Å². The van der Waals surface area contributed by atoms with Gasteiger partial charge in [0.1, 0.15) is 5.76 Å². The zero-order valence-corrected chi connectivity index (χ0v) is 10.1. The van der Waals surface area contributed by atoms with Crippen LogP contribution in [0.3, 0.4) is 0 Å².